The Kier molecular flexibility index (Phi) is 3.52. The lowest BCUT2D eigenvalue weighted by Gasteiger charge is -2.02. The van der Waals surface area contributed by atoms with E-state index in [1.165, 1.54) is 6.33 Å². The minimum absolute atomic E-state index is 0.0579. The van der Waals surface area contributed by atoms with Crippen LogP contribution in [0, 0.1) is 3.57 Å². The van der Waals surface area contributed by atoms with Gasteiger partial charge >= 0.3 is 0 Å². The van der Waals surface area contributed by atoms with Gasteiger partial charge in [0.2, 0.25) is 0 Å². The van der Waals surface area contributed by atoms with Gasteiger partial charge in [-0.25, -0.2) is 4.98 Å². The average molecular weight is 299 g/mol. The molecule has 0 amide bonds. The topological polar surface area (TPSA) is 34.9 Å². The van der Waals surface area contributed by atoms with Crippen LogP contribution in [0.15, 0.2) is 11.1 Å². The maximum absolute atomic E-state index is 11.4. The summed E-state index contributed by atoms with van der Waals surface area (Å²) in [6.45, 7) is 2.70. The Hall–Kier alpha value is -0.100. The third-order valence-corrected chi connectivity index (χ3v) is 2.98. The maximum atomic E-state index is 11.4. The summed E-state index contributed by atoms with van der Waals surface area (Å²) in [5, 5.41) is 0.285. The van der Waals surface area contributed by atoms with Gasteiger partial charge in [-0.2, -0.15) is 0 Å². The van der Waals surface area contributed by atoms with Crippen molar-refractivity contribution in [3.63, 3.8) is 0 Å². The molecule has 1 rings (SSSR count). The van der Waals surface area contributed by atoms with Crippen molar-refractivity contribution in [3.05, 3.63) is 25.4 Å². The average Bonchev–Trinajstić information content (AvgIpc) is 2.07. The molecule has 0 aliphatic carbocycles. The Balaban J connectivity index is 3.18. The van der Waals surface area contributed by atoms with Gasteiger partial charge in [-0.3, -0.25) is 9.36 Å². The quantitative estimate of drug-likeness (QED) is 0.617. The summed E-state index contributed by atoms with van der Waals surface area (Å²) < 4.78 is 2.05. The fourth-order valence-corrected chi connectivity index (χ4v) is 1.42. The standard InChI is InChI=1S/C7H8ClIN2O/c1-2-3-11-4-10-6(8)5(9)7(11)12/h4H,2-3H2,1H3. The van der Waals surface area contributed by atoms with Crippen LogP contribution in [0.3, 0.4) is 0 Å². The monoisotopic (exact) mass is 298 g/mol. The van der Waals surface area contributed by atoms with E-state index in [4.69, 9.17) is 11.6 Å². The zero-order valence-corrected chi connectivity index (χ0v) is 9.46. The van der Waals surface area contributed by atoms with Crippen LogP contribution in [0.1, 0.15) is 13.3 Å². The number of aromatic nitrogens is 2. The van der Waals surface area contributed by atoms with Gasteiger partial charge in [0.1, 0.15) is 8.72 Å². The maximum Gasteiger partial charge on any atom is 0.268 e. The highest BCUT2D eigenvalue weighted by Gasteiger charge is 2.04. The highest BCUT2D eigenvalue weighted by Crippen LogP contribution is 2.09. The first-order valence-corrected chi connectivity index (χ1v) is 5.03. The number of nitrogens with zero attached hydrogens (tertiary/aromatic N) is 2. The molecule has 0 atom stereocenters. The number of aryl methyl sites for hydroxylation is 1. The van der Waals surface area contributed by atoms with Crippen molar-refractivity contribution in [3.8, 4) is 0 Å². The zero-order valence-electron chi connectivity index (χ0n) is 6.55. The van der Waals surface area contributed by atoms with Crippen LogP contribution in [-0.2, 0) is 6.54 Å². The summed E-state index contributed by atoms with van der Waals surface area (Å²) >= 11 is 7.56. The molecule has 0 saturated heterocycles. The molecule has 0 N–H and O–H groups in total. The van der Waals surface area contributed by atoms with E-state index >= 15 is 0 Å². The number of hydrogen-bond acceptors (Lipinski definition) is 2. The Morgan fingerprint density at radius 2 is 2.42 bits per heavy atom. The molecule has 1 aromatic heterocycles. The van der Waals surface area contributed by atoms with E-state index in [1.807, 2.05) is 29.5 Å². The van der Waals surface area contributed by atoms with Crippen LogP contribution in [0.5, 0.6) is 0 Å². The SMILES string of the molecule is CCCn1cnc(Cl)c(I)c1=O. The van der Waals surface area contributed by atoms with Crippen molar-refractivity contribution in [1.29, 1.82) is 0 Å². The van der Waals surface area contributed by atoms with Crippen molar-refractivity contribution >= 4 is 34.2 Å². The summed E-state index contributed by atoms with van der Waals surface area (Å²) in [7, 11) is 0. The van der Waals surface area contributed by atoms with Crippen LogP contribution in [0.25, 0.3) is 0 Å². The highest BCUT2D eigenvalue weighted by molar-refractivity contribution is 14.1. The molecule has 12 heavy (non-hydrogen) atoms. The normalized spacial score (nSPS) is 10.2. The molecule has 0 bridgehead atoms. The van der Waals surface area contributed by atoms with E-state index in [9.17, 15) is 4.79 Å². The van der Waals surface area contributed by atoms with Gasteiger partial charge in [0, 0.05) is 6.54 Å². The van der Waals surface area contributed by atoms with Crippen LogP contribution in [0.4, 0.5) is 0 Å². The summed E-state index contributed by atoms with van der Waals surface area (Å²) in [6, 6.07) is 0. The predicted octanol–water partition coefficient (Wildman–Crippen LogP) is 1.91. The van der Waals surface area contributed by atoms with Gasteiger partial charge in [-0.15, -0.1) is 0 Å². The molecule has 0 spiro atoms. The summed E-state index contributed by atoms with van der Waals surface area (Å²) in [6.07, 6.45) is 2.40. The van der Waals surface area contributed by atoms with Crippen molar-refractivity contribution in [2.45, 2.75) is 19.9 Å². The molecule has 3 nitrogen and oxygen atoms in total. The summed E-state index contributed by atoms with van der Waals surface area (Å²) in [4.78, 5) is 15.3. The summed E-state index contributed by atoms with van der Waals surface area (Å²) in [5.41, 5.74) is -0.0579. The second-order valence-corrected chi connectivity index (χ2v) is 3.78. The molecule has 0 saturated carbocycles. The first kappa shape index (κ1) is 9.98. The number of hydrogen-bond donors (Lipinski definition) is 0. The van der Waals surface area contributed by atoms with Crippen molar-refractivity contribution in [2.24, 2.45) is 0 Å². The highest BCUT2D eigenvalue weighted by atomic mass is 127. The second-order valence-electron chi connectivity index (χ2n) is 2.35. The van der Waals surface area contributed by atoms with Crippen LogP contribution in [0.2, 0.25) is 5.15 Å². The Labute approximate surface area is 88.9 Å². The molecule has 5 heteroatoms. The lowest BCUT2D eigenvalue weighted by Crippen LogP contribution is -2.22. The van der Waals surface area contributed by atoms with Gasteiger partial charge < -0.3 is 0 Å². The largest absolute Gasteiger partial charge is 0.298 e. The molecule has 0 radical (unpaired) electrons. The molecule has 0 fully saturated rings. The minimum atomic E-state index is -0.0579. The minimum Gasteiger partial charge on any atom is -0.298 e. The molecule has 66 valence electrons. The van der Waals surface area contributed by atoms with Gasteiger partial charge in [0.25, 0.3) is 5.56 Å². The Bertz CT molecular complexity index is 337. The predicted molar refractivity (Wildman–Crippen MR) is 56.5 cm³/mol. The molecule has 1 aromatic rings. The van der Waals surface area contributed by atoms with Crippen LogP contribution in [-0.4, -0.2) is 9.55 Å². The van der Waals surface area contributed by atoms with Gasteiger partial charge in [0.05, 0.1) is 6.33 Å². The fourth-order valence-electron chi connectivity index (χ4n) is 0.844. The van der Waals surface area contributed by atoms with Gasteiger partial charge in [-0.1, -0.05) is 18.5 Å². The molecule has 1 heterocycles. The second kappa shape index (κ2) is 4.23. The number of rotatable bonds is 2. The molecular formula is C7H8ClIN2O. The van der Waals surface area contributed by atoms with E-state index in [-0.39, 0.29) is 10.7 Å². The molecular weight excluding hydrogens is 290 g/mol. The summed E-state index contributed by atoms with van der Waals surface area (Å²) in [5.74, 6) is 0. The van der Waals surface area contributed by atoms with E-state index in [2.05, 4.69) is 4.98 Å². The Morgan fingerprint density at radius 3 is 3.00 bits per heavy atom. The van der Waals surface area contributed by atoms with Crippen molar-refractivity contribution in [2.75, 3.05) is 0 Å². The smallest absolute Gasteiger partial charge is 0.268 e. The van der Waals surface area contributed by atoms with Gasteiger partial charge in [-0.05, 0) is 29.0 Å². The van der Waals surface area contributed by atoms with Crippen LogP contribution < -0.4 is 5.56 Å². The third-order valence-electron chi connectivity index (χ3n) is 1.40. The zero-order chi connectivity index (χ0) is 9.14. The van der Waals surface area contributed by atoms with Crippen LogP contribution >= 0.6 is 34.2 Å². The molecule has 0 aromatic carbocycles. The molecule has 0 unspecified atom stereocenters. The fraction of sp³-hybridized carbons (Fsp3) is 0.429. The molecule has 0 aliphatic heterocycles. The third kappa shape index (κ3) is 1.98. The van der Waals surface area contributed by atoms with E-state index in [1.54, 1.807) is 4.57 Å². The first-order chi connectivity index (χ1) is 5.66. The van der Waals surface area contributed by atoms with E-state index in [0.717, 1.165) is 6.42 Å². The first-order valence-electron chi connectivity index (χ1n) is 3.57. The van der Waals surface area contributed by atoms with Gasteiger partial charge in [0.15, 0.2) is 0 Å². The Morgan fingerprint density at radius 1 is 1.75 bits per heavy atom. The van der Waals surface area contributed by atoms with Crippen molar-refractivity contribution < 1.29 is 0 Å². The molecule has 0 aliphatic rings. The lowest BCUT2D eigenvalue weighted by molar-refractivity contribution is 0.637. The lowest BCUT2D eigenvalue weighted by atomic mass is 10.5. The van der Waals surface area contributed by atoms with E-state index in [0.29, 0.717) is 10.1 Å². The number of halogens is 2. The van der Waals surface area contributed by atoms with Crippen molar-refractivity contribution in [1.82, 2.24) is 9.55 Å². The van der Waals surface area contributed by atoms with E-state index < -0.39 is 0 Å².